The third-order valence-corrected chi connectivity index (χ3v) is 3.65. The van der Waals surface area contributed by atoms with Crippen molar-refractivity contribution in [1.29, 1.82) is 0 Å². The highest BCUT2D eigenvalue weighted by molar-refractivity contribution is 5.88. The van der Waals surface area contributed by atoms with Crippen molar-refractivity contribution < 1.29 is 18.4 Å². The first-order valence-electron chi connectivity index (χ1n) is 8.28. The van der Waals surface area contributed by atoms with Gasteiger partial charge < -0.3 is 15.1 Å². The van der Waals surface area contributed by atoms with Crippen molar-refractivity contribution in [3.05, 3.63) is 59.8 Å². The quantitative estimate of drug-likeness (QED) is 0.772. The number of hydrogen-bond acceptors (Lipinski definition) is 3. The van der Waals surface area contributed by atoms with Gasteiger partial charge in [-0.1, -0.05) is 26.0 Å². The molecule has 0 aliphatic heterocycles. The Balaban J connectivity index is 1.92. The van der Waals surface area contributed by atoms with Gasteiger partial charge in [0.25, 0.3) is 0 Å². The van der Waals surface area contributed by atoms with Crippen LogP contribution in [-0.2, 0) is 22.6 Å². The number of amides is 2. The monoisotopic (exact) mass is 346 g/mol. The lowest BCUT2D eigenvalue weighted by Gasteiger charge is -2.20. The number of benzene rings is 1. The van der Waals surface area contributed by atoms with E-state index in [1.807, 2.05) is 13.8 Å². The van der Waals surface area contributed by atoms with E-state index in [0.717, 1.165) is 0 Å². The largest absolute Gasteiger partial charge is 0.467 e. The fraction of sp³-hybridized carbons (Fsp3) is 0.368. The molecule has 0 aliphatic carbocycles. The van der Waals surface area contributed by atoms with Gasteiger partial charge in [-0.15, -0.1) is 0 Å². The van der Waals surface area contributed by atoms with Gasteiger partial charge in [0.05, 0.1) is 19.2 Å². The normalized spacial score (nSPS) is 12.0. The van der Waals surface area contributed by atoms with Crippen LogP contribution in [0.25, 0.3) is 0 Å². The van der Waals surface area contributed by atoms with Crippen molar-refractivity contribution >= 4 is 11.8 Å². The van der Waals surface area contributed by atoms with Crippen molar-refractivity contribution in [1.82, 2.24) is 10.6 Å². The molecule has 25 heavy (non-hydrogen) atoms. The number of furan rings is 1. The number of halogens is 1. The molecule has 5 nitrogen and oxygen atoms in total. The lowest BCUT2D eigenvalue weighted by molar-refractivity contribution is -0.129. The van der Waals surface area contributed by atoms with Crippen LogP contribution >= 0.6 is 0 Å². The summed E-state index contributed by atoms with van der Waals surface area (Å²) in [7, 11) is 0. The van der Waals surface area contributed by atoms with Gasteiger partial charge in [0.15, 0.2) is 0 Å². The maximum atomic E-state index is 12.9. The van der Waals surface area contributed by atoms with Gasteiger partial charge in [-0.3, -0.25) is 9.59 Å². The Morgan fingerprint density at radius 3 is 2.48 bits per heavy atom. The predicted molar refractivity (Wildman–Crippen MR) is 92.0 cm³/mol. The molecule has 1 heterocycles. The number of rotatable bonds is 8. The molecule has 0 fully saturated rings. The Kier molecular flexibility index (Phi) is 6.74. The fourth-order valence-electron chi connectivity index (χ4n) is 2.45. The van der Waals surface area contributed by atoms with E-state index in [-0.39, 0.29) is 36.5 Å². The molecule has 134 valence electrons. The van der Waals surface area contributed by atoms with Gasteiger partial charge in [-0.25, -0.2) is 4.39 Å². The summed E-state index contributed by atoms with van der Waals surface area (Å²) in [5, 5.41) is 5.54. The molecular weight excluding hydrogens is 323 g/mol. The zero-order valence-corrected chi connectivity index (χ0v) is 14.4. The standard InChI is InChI=1S/C19H23FN2O3/c1-13(2)10-17(19(24)21-12-16-4-3-9-25-16)22-18(23)11-14-5-7-15(20)8-6-14/h3-9,13,17H,10-12H2,1-2H3,(H,21,24)(H,22,23)/t17-/m0/s1. The van der Waals surface area contributed by atoms with Gasteiger partial charge in [0.2, 0.25) is 11.8 Å². The van der Waals surface area contributed by atoms with Crippen molar-refractivity contribution in [2.75, 3.05) is 0 Å². The zero-order valence-electron chi connectivity index (χ0n) is 14.4. The molecule has 0 unspecified atom stereocenters. The van der Waals surface area contributed by atoms with Gasteiger partial charge in [0.1, 0.15) is 17.6 Å². The minimum atomic E-state index is -0.622. The zero-order chi connectivity index (χ0) is 18.2. The minimum absolute atomic E-state index is 0.0976. The maximum absolute atomic E-state index is 12.9. The number of carbonyl (C=O) groups is 2. The summed E-state index contributed by atoms with van der Waals surface area (Å²) in [6.07, 6.45) is 2.16. The molecule has 2 N–H and O–H groups in total. The lowest BCUT2D eigenvalue weighted by Crippen LogP contribution is -2.47. The second-order valence-corrected chi connectivity index (χ2v) is 6.35. The van der Waals surface area contributed by atoms with Crippen LogP contribution in [0.2, 0.25) is 0 Å². The van der Waals surface area contributed by atoms with Crippen LogP contribution in [0.15, 0.2) is 47.1 Å². The van der Waals surface area contributed by atoms with E-state index in [1.165, 1.54) is 18.4 Å². The molecule has 0 bridgehead atoms. The molecular formula is C19H23FN2O3. The average Bonchev–Trinajstić information content (AvgIpc) is 3.07. The molecule has 2 aromatic rings. The van der Waals surface area contributed by atoms with Crippen LogP contribution in [0.5, 0.6) is 0 Å². The molecule has 2 amide bonds. The van der Waals surface area contributed by atoms with Gasteiger partial charge in [-0.2, -0.15) is 0 Å². The highest BCUT2D eigenvalue weighted by Crippen LogP contribution is 2.08. The maximum Gasteiger partial charge on any atom is 0.242 e. The summed E-state index contributed by atoms with van der Waals surface area (Å²) in [5.74, 6) is 0.0156. The molecule has 1 aromatic heterocycles. The van der Waals surface area contributed by atoms with Crippen LogP contribution in [0.1, 0.15) is 31.6 Å². The fourth-order valence-corrected chi connectivity index (χ4v) is 2.45. The SMILES string of the molecule is CC(C)C[C@H](NC(=O)Cc1ccc(F)cc1)C(=O)NCc1ccco1. The van der Waals surface area contributed by atoms with E-state index in [9.17, 15) is 14.0 Å². The Hall–Kier alpha value is -2.63. The molecule has 2 rings (SSSR count). The summed E-state index contributed by atoms with van der Waals surface area (Å²) >= 11 is 0. The van der Waals surface area contributed by atoms with E-state index in [4.69, 9.17) is 4.42 Å². The van der Waals surface area contributed by atoms with Crippen molar-refractivity contribution in [2.24, 2.45) is 5.92 Å². The van der Waals surface area contributed by atoms with E-state index >= 15 is 0 Å². The molecule has 0 radical (unpaired) electrons. The first-order valence-corrected chi connectivity index (χ1v) is 8.28. The lowest BCUT2D eigenvalue weighted by atomic mass is 10.0. The Morgan fingerprint density at radius 2 is 1.88 bits per heavy atom. The number of hydrogen-bond donors (Lipinski definition) is 2. The van der Waals surface area contributed by atoms with Crippen LogP contribution in [0, 0.1) is 11.7 Å². The van der Waals surface area contributed by atoms with Gasteiger partial charge in [0, 0.05) is 0 Å². The Bertz CT molecular complexity index is 681. The van der Waals surface area contributed by atoms with Crippen molar-refractivity contribution in [2.45, 2.75) is 39.3 Å². The molecule has 0 saturated heterocycles. The summed E-state index contributed by atoms with van der Waals surface area (Å²) in [6, 6.07) is 8.63. The minimum Gasteiger partial charge on any atom is -0.467 e. The van der Waals surface area contributed by atoms with E-state index in [1.54, 1.807) is 24.3 Å². The summed E-state index contributed by atoms with van der Waals surface area (Å²) in [4.78, 5) is 24.6. The van der Waals surface area contributed by atoms with E-state index in [2.05, 4.69) is 10.6 Å². The molecule has 0 aliphatic rings. The molecule has 0 spiro atoms. The van der Waals surface area contributed by atoms with E-state index in [0.29, 0.717) is 17.7 Å². The molecule has 1 atom stereocenters. The van der Waals surface area contributed by atoms with Crippen molar-refractivity contribution in [3.8, 4) is 0 Å². The highest BCUT2D eigenvalue weighted by atomic mass is 19.1. The third kappa shape index (κ3) is 6.41. The summed E-state index contributed by atoms with van der Waals surface area (Å²) in [5.41, 5.74) is 0.693. The first-order chi connectivity index (χ1) is 11.9. The molecule has 6 heteroatoms. The second-order valence-electron chi connectivity index (χ2n) is 6.35. The molecule has 0 saturated carbocycles. The van der Waals surface area contributed by atoms with Gasteiger partial charge >= 0.3 is 0 Å². The number of carbonyl (C=O) groups excluding carboxylic acids is 2. The highest BCUT2D eigenvalue weighted by Gasteiger charge is 2.22. The molecule has 1 aromatic carbocycles. The topological polar surface area (TPSA) is 71.3 Å². The van der Waals surface area contributed by atoms with Crippen LogP contribution in [0.3, 0.4) is 0 Å². The first kappa shape index (κ1) is 18.7. The predicted octanol–water partition coefficient (Wildman–Crippen LogP) is 2.81. The summed E-state index contributed by atoms with van der Waals surface area (Å²) in [6.45, 7) is 4.24. The Morgan fingerprint density at radius 1 is 1.16 bits per heavy atom. The number of nitrogens with one attached hydrogen (secondary N) is 2. The van der Waals surface area contributed by atoms with Crippen molar-refractivity contribution in [3.63, 3.8) is 0 Å². The van der Waals surface area contributed by atoms with E-state index < -0.39 is 6.04 Å². The Labute approximate surface area is 146 Å². The van der Waals surface area contributed by atoms with Crippen LogP contribution in [-0.4, -0.2) is 17.9 Å². The van der Waals surface area contributed by atoms with Gasteiger partial charge in [-0.05, 0) is 42.2 Å². The van der Waals surface area contributed by atoms with Crippen LogP contribution < -0.4 is 10.6 Å². The third-order valence-electron chi connectivity index (χ3n) is 3.65. The summed E-state index contributed by atoms with van der Waals surface area (Å²) < 4.78 is 18.1. The average molecular weight is 346 g/mol. The second kappa shape index (κ2) is 9.01. The van der Waals surface area contributed by atoms with Crippen LogP contribution in [0.4, 0.5) is 4.39 Å². The smallest absolute Gasteiger partial charge is 0.242 e.